The molecule has 1 aliphatic rings. The Balaban J connectivity index is 1.70. The summed E-state index contributed by atoms with van der Waals surface area (Å²) in [5.74, 6) is 0. The fraction of sp³-hybridized carbons (Fsp3) is 0.500. The summed E-state index contributed by atoms with van der Waals surface area (Å²) in [5, 5.41) is 18.5. The first-order valence-corrected chi connectivity index (χ1v) is 10.4. The van der Waals surface area contributed by atoms with E-state index in [0.717, 1.165) is 30.2 Å². The third-order valence-corrected chi connectivity index (χ3v) is 5.30. The van der Waals surface area contributed by atoms with Crippen molar-refractivity contribution in [2.24, 2.45) is 0 Å². The molecule has 9 heteroatoms. The van der Waals surface area contributed by atoms with Gasteiger partial charge in [0, 0.05) is 21.9 Å². The number of alkyl carbamates (subject to hydrolysis) is 1. The zero-order chi connectivity index (χ0) is 21.2. The molecule has 0 atom stereocenters. The number of pyridine rings is 1. The minimum absolute atomic E-state index is 0.0374. The van der Waals surface area contributed by atoms with Gasteiger partial charge in [-0.3, -0.25) is 10.1 Å². The number of nitrogens with one attached hydrogen (secondary N) is 2. The number of ether oxygens (including phenoxy) is 1. The van der Waals surface area contributed by atoms with Crippen LogP contribution in [0, 0.1) is 10.1 Å². The highest BCUT2D eigenvalue weighted by Gasteiger charge is 2.27. The molecule has 1 amide bonds. The molecular formula is C20H25BrN4O4. The average molecular weight is 465 g/mol. The normalized spacial score (nSPS) is 19.6. The number of aromatic nitrogens is 1. The summed E-state index contributed by atoms with van der Waals surface area (Å²) in [6.45, 7) is 5.49. The van der Waals surface area contributed by atoms with Crippen LogP contribution in [-0.4, -0.2) is 33.7 Å². The maximum atomic E-state index is 12.0. The lowest BCUT2D eigenvalue weighted by Gasteiger charge is -2.31. The van der Waals surface area contributed by atoms with E-state index in [1.807, 2.05) is 39.0 Å². The number of anilines is 1. The van der Waals surface area contributed by atoms with E-state index in [2.05, 4.69) is 31.5 Å². The minimum atomic E-state index is -0.529. The zero-order valence-electron chi connectivity index (χ0n) is 16.7. The van der Waals surface area contributed by atoms with E-state index in [1.54, 1.807) is 0 Å². The van der Waals surface area contributed by atoms with E-state index in [0.29, 0.717) is 16.6 Å². The first-order valence-electron chi connectivity index (χ1n) is 9.61. The molecule has 1 aromatic heterocycles. The van der Waals surface area contributed by atoms with E-state index >= 15 is 0 Å². The molecule has 0 radical (unpaired) electrons. The SMILES string of the molecule is CC(C)(C)OC(=O)N[C@H]1CC[C@H](Nc2c([N+](=O)[O-])cnc3ccc(Br)cc23)CC1. The van der Waals surface area contributed by atoms with Crippen LogP contribution in [0.25, 0.3) is 10.9 Å². The van der Waals surface area contributed by atoms with Crippen molar-refractivity contribution in [3.05, 3.63) is 39.0 Å². The van der Waals surface area contributed by atoms with Crippen molar-refractivity contribution in [1.29, 1.82) is 0 Å². The number of benzene rings is 1. The Morgan fingerprint density at radius 2 is 1.90 bits per heavy atom. The third kappa shape index (κ3) is 5.56. The zero-order valence-corrected chi connectivity index (χ0v) is 18.3. The van der Waals surface area contributed by atoms with Gasteiger partial charge in [0.2, 0.25) is 0 Å². The maximum absolute atomic E-state index is 12.0. The van der Waals surface area contributed by atoms with Crippen molar-refractivity contribution in [3.8, 4) is 0 Å². The van der Waals surface area contributed by atoms with E-state index in [1.165, 1.54) is 6.20 Å². The molecule has 156 valence electrons. The van der Waals surface area contributed by atoms with Gasteiger partial charge in [0.25, 0.3) is 0 Å². The van der Waals surface area contributed by atoms with Crippen LogP contribution in [0.2, 0.25) is 0 Å². The predicted molar refractivity (Wildman–Crippen MR) is 115 cm³/mol. The lowest BCUT2D eigenvalue weighted by Crippen LogP contribution is -2.42. The molecule has 8 nitrogen and oxygen atoms in total. The van der Waals surface area contributed by atoms with Crippen LogP contribution in [0.3, 0.4) is 0 Å². The summed E-state index contributed by atoms with van der Waals surface area (Å²) in [7, 11) is 0. The number of nitrogens with zero attached hydrogens (tertiary/aromatic N) is 2. The Morgan fingerprint density at radius 1 is 1.24 bits per heavy atom. The van der Waals surface area contributed by atoms with Crippen molar-refractivity contribution in [2.75, 3.05) is 5.32 Å². The standard InChI is InChI=1S/C20H25BrN4O4/c1-20(2,3)29-19(26)24-14-7-5-13(6-8-14)23-18-15-10-12(21)4-9-16(15)22-11-17(18)25(27)28/h4,9-11,13-14H,5-8H2,1-3H3,(H,22,23)(H,24,26)/t13-,14-. The van der Waals surface area contributed by atoms with Gasteiger partial charge < -0.3 is 15.4 Å². The summed E-state index contributed by atoms with van der Waals surface area (Å²) < 4.78 is 6.15. The second-order valence-electron chi connectivity index (χ2n) is 8.28. The van der Waals surface area contributed by atoms with Gasteiger partial charge >= 0.3 is 11.8 Å². The Bertz CT molecular complexity index is 921. The van der Waals surface area contributed by atoms with Crippen LogP contribution in [0.4, 0.5) is 16.2 Å². The molecule has 1 saturated carbocycles. The molecule has 1 fully saturated rings. The van der Waals surface area contributed by atoms with Crippen LogP contribution in [0.15, 0.2) is 28.9 Å². The lowest BCUT2D eigenvalue weighted by molar-refractivity contribution is -0.384. The highest BCUT2D eigenvalue weighted by molar-refractivity contribution is 9.10. The van der Waals surface area contributed by atoms with Crippen molar-refractivity contribution < 1.29 is 14.5 Å². The van der Waals surface area contributed by atoms with Gasteiger partial charge in [-0.2, -0.15) is 0 Å². The summed E-state index contributed by atoms with van der Waals surface area (Å²) in [6, 6.07) is 5.65. The molecular weight excluding hydrogens is 440 g/mol. The number of halogens is 1. The summed E-state index contributed by atoms with van der Waals surface area (Å²) in [4.78, 5) is 27.3. The van der Waals surface area contributed by atoms with Crippen molar-refractivity contribution in [3.63, 3.8) is 0 Å². The molecule has 2 N–H and O–H groups in total. The number of amides is 1. The molecule has 1 aromatic carbocycles. The molecule has 0 spiro atoms. The van der Waals surface area contributed by atoms with Gasteiger partial charge in [0.15, 0.2) is 0 Å². The molecule has 29 heavy (non-hydrogen) atoms. The van der Waals surface area contributed by atoms with Crippen LogP contribution in [-0.2, 0) is 4.74 Å². The summed E-state index contributed by atoms with van der Waals surface area (Å²) >= 11 is 3.43. The van der Waals surface area contributed by atoms with Gasteiger partial charge in [-0.05, 0) is 64.7 Å². The Hall–Kier alpha value is -2.42. The molecule has 1 heterocycles. The fourth-order valence-electron chi connectivity index (χ4n) is 3.50. The number of fused-ring (bicyclic) bond motifs is 1. The first-order chi connectivity index (χ1) is 13.6. The number of hydrogen-bond donors (Lipinski definition) is 2. The van der Waals surface area contributed by atoms with E-state index < -0.39 is 16.6 Å². The molecule has 1 aliphatic carbocycles. The topological polar surface area (TPSA) is 106 Å². The second kappa shape index (κ2) is 8.52. The summed E-state index contributed by atoms with van der Waals surface area (Å²) in [6.07, 6.45) is 4.02. The summed E-state index contributed by atoms with van der Waals surface area (Å²) in [5.41, 5.74) is 0.620. The predicted octanol–water partition coefficient (Wildman–Crippen LogP) is 5.15. The van der Waals surface area contributed by atoms with E-state index in [-0.39, 0.29) is 17.8 Å². The molecule has 0 unspecified atom stereocenters. The first kappa shape index (κ1) is 21.3. The van der Waals surface area contributed by atoms with E-state index in [4.69, 9.17) is 4.74 Å². The number of hydrogen-bond acceptors (Lipinski definition) is 6. The monoisotopic (exact) mass is 464 g/mol. The Kier molecular flexibility index (Phi) is 6.26. The van der Waals surface area contributed by atoms with Crippen LogP contribution >= 0.6 is 15.9 Å². The third-order valence-electron chi connectivity index (χ3n) is 4.80. The molecule has 2 aromatic rings. The number of carbonyl (C=O) groups is 1. The quantitative estimate of drug-likeness (QED) is 0.478. The van der Waals surface area contributed by atoms with Crippen LogP contribution < -0.4 is 10.6 Å². The van der Waals surface area contributed by atoms with Crippen molar-refractivity contribution in [1.82, 2.24) is 10.3 Å². The largest absolute Gasteiger partial charge is 0.444 e. The highest BCUT2D eigenvalue weighted by atomic mass is 79.9. The van der Waals surface area contributed by atoms with Gasteiger partial charge in [0.1, 0.15) is 17.5 Å². The van der Waals surface area contributed by atoms with Crippen molar-refractivity contribution >= 4 is 44.3 Å². The molecule has 0 saturated heterocycles. The molecule has 3 rings (SSSR count). The molecule has 0 aliphatic heterocycles. The van der Waals surface area contributed by atoms with Gasteiger partial charge in [-0.25, -0.2) is 9.78 Å². The Labute approximate surface area is 177 Å². The van der Waals surface area contributed by atoms with E-state index in [9.17, 15) is 14.9 Å². The van der Waals surface area contributed by atoms with Gasteiger partial charge in [0.05, 0.1) is 10.4 Å². The van der Waals surface area contributed by atoms with Gasteiger partial charge in [-0.15, -0.1) is 0 Å². The number of carbonyl (C=O) groups excluding carboxylic acids is 1. The fourth-order valence-corrected chi connectivity index (χ4v) is 3.87. The maximum Gasteiger partial charge on any atom is 0.407 e. The average Bonchev–Trinajstić information content (AvgIpc) is 2.62. The minimum Gasteiger partial charge on any atom is -0.444 e. The van der Waals surface area contributed by atoms with Crippen molar-refractivity contribution in [2.45, 2.75) is 64.1 Å². The highest BCUT2D eigenvalue weighted by Crippen LogP contribution is 2.35. The van der Waals surface area contributed by atoms with Crippen LogP contribution in [0.5, 0.6) is 0 Å². The van der Waals surface area contributed by atoms with Crippen LogP contribution in [0.1, 0.15) is 46.5 Å². The Morgan fingerprint density at radius 3 is 2.52 bits per heavy atom. The molecule has 0 bridgehead atoms. The number of rotatable bonds is 4. The number of nitro groups is 1. The second-order valence-corrected chi connectivity index (χ2v) is 9.19. The lowest BCUT2D eigenvalue weighted by atomic mass is 9.91. The smallest absolute Gasteiger partial charge is 0.407 e. The van der Waals surface area contributed by atoms with Gasteiger partial charge in [-0.1, -0.05) is 15.9 Å².